The smallest absolute Gasteiger partial charge is 0.340 e. The van der Waals surface area contributed by atoms with Crippen molar-refractivity contribution in [3.8, 4) is 27.7 Å². The molecule has 40 heavy (non-hydrogen) atoms. The fourth-order valence-electron chi connectivity index (χ4n) is 3.93. The molecule has 1 aromatic heterocycles. The third kappa shape index (κ3) is 7.64. The van der Waals surface area contributed by atoms with E-state index < -0.39 is 12.1 Å². The summed E-state index contributed by atoms with van der Waals surface area (Å²) >= 11 is 5.20. The molecule has 1 unspecified atom stereocenters. The number of aliphatic hydroxyl groups is 1. The number of ether oxygens (including phenoxy) is 3. The van der Waals surface area contributed by atoms with Gasteiger partial charge in [0.2, 0.25) is 0 Å². The van der Waals surface area contributed by atoms with Gasteiger partial charge in [-0.1, -0.05) is 99.6 Å². The molecule has 5 aromatic rings. The highest BCUT2D eigenvalue weighted by molar-refractivity contribution is 7.80. The summed E-state index contributed by atoms with van der Waals surface area (Å²) in [6.45, 7) is 0.740. The minimum Gasteiger partial charge on any atom is -0.485 e. The van der Waals surface area contributed by atoms with Crippen LogP contribution in [-0.2, 0) is 24.4 Å². The van der Waals surface area contributed by atoms with Crippen LogP contribution >= 0.6 is 32.9 Å². The molecule has 1 atom stereocenters. The van der Waals surface area contributed by atoms with Gasteiger partial charge in [0.1, 0.15) is 22.8 Å². The normalized spacial score (nSPS) is 11.5. The number of hydrogen-bond acceptors (Lipinski definition) is 8. The zero-order chi connectivity index (χ0) is 27.7. The van der Waals surface area contributed by atoms with Crippen LogP contribution < -0.4 is 14.2 Å². The first-order valence-electron chi connectivity index (χ1n) is 12.6. The van der Waals surface area contributed by atoms with Crippen LogP contribution in [0.15, 0.2) is 109 Å². The van der Waals surface area contributed by atoms with Crippen LogP contribution in [0.3, 0.4) is 0 Å². The lowest BCUT2D eigenvalue weighted by Crippen LogP contribution is -2.27. The second kappa shape index (κ2) is 13.5. The number of carbonyl (C=O) groups excluding carboxylic acids is 1. The molecule has 1 heterocycles. The van der Waals surface area contributed by atoms with Crippen molar-refractivity contribution in [2.24, 2.45) is 0 Å². The average molecular weight is 587 g/mol. The maximum atomic E-state index is 12.7. The molecule has 0 saturated heterocycles. The SMILES string of the molecule is O=C(Oc1ccc(-c2cc(=S)ss2)cc1)C(O)Cc1ccc(OCc2ccccc2)c(OCc2ccccc2)c1. The highest BCUT2D eigenvalue weighted by Crippen LogP contribution is 2.32. The van der Waals surface area contributed by atoms with E-state index in [2.05, 4.69) is 0 Å². The van der Waals surface area contributed by atoms with Gasteiger partial charge < -0.3 is 19.3 Å². The van der Waals surface area contributed by atoms with E-state index in [4.69, 9.17) is 26.4 Å². The molecule has 0 amide bonds. The van der Waals surface area contributed by atoms with Gasteiger partial charge in [-0.05, 0) is 64.7 Å². The summed E-state index contributed by atoms with van der Waals surface area (Å²) in [5.74, 6) is 0.749. The Bertz CT molecular complexity index is 1600. The van der Waals surface area contributed by atoms with Crippen LogP contribution in [0.1, 0.15) is 16.7 Å². The lowest BCUT2D eigenvalue weighted by Gasteiger charge is -2.16. The van der Waals surface area contributed by atoms with Crippen LogP contribution in [0.25, 0.3) is 10.4 Å². The maximum absolute atomic E-state index is 12.7. The number of carbonyl (C=O) groups is 1. The molecular weight excluding hydrogens is 561 g/mol. The van der Waals surface area contributed by atoms with E-state index in [-0.39, 0.29) is 6.42 Å². The van der Waals surface area contributed by atoms with Gasteiger partial charge in [0.25, 0.3) is 0 Å². The first kappa shape index (κ1) is 27.7. The Balaban J connectivity index is 1.25. The minimum absolute atomic E-state index is 0.0653. The summed E-state index contributed by atoms with van der Waals surface area (Å²) in [5, 5.41) is 10.6. The number of benzene rings is 4. The topological polar surface area (TPSA) is 65.0 Å². The van der Waals surface area contributed by atoms with Crippen molar-refractivity contribution in [2.45, 2.75) is 25.7 Å². The standard InChI is InChI=1S/C32H26O5S3/c33-27(32(34)37-26-14-12-25(13-15-26)30-19-31(38)40-39-30)17-24-11-16-28(35-20-22-7-3-1-4-8-22)29(18-24)36-21-23-9-5-2-6-10-23/h1-16,18-19,27,33H,17,20-21H2. The number of hydrogen-bond donors (Lipinski definition) is 1. The molecule has 202 valence electrons. The lowest BCUT2D eigenvalue weighted by molar-refractivity contribution is -0.143. The monoisotopic (exact) mass is 586 g/mol. The Labute approximate surface area is 245 Å². The van der Waals surface area contributed by atoms with Crippen LogP contribution in [0.4, 0.5) is 0 Å². The molecule has 0 radical (unpaired) electrons. The van der Waals surface area contributed by atoms with Crippen molar-refractivity contribution >= 4 is 38.9 Å². The molecule has 5 nitrogen and oxygen atoms in total. The van der Waals surface area contributed by atoms with Gasteiger partial charge in [-0.25, -0.2) is 4.79 Å². The molecule has 0 aliphatic rings. The molecule has 0 saturated carbocycles. The maximum Gasteiger partial charge on any atom is 0.340 e. The Morgan fingerprint density at radius 1 is 0.725 bits per heavy atom. The van der Waals surface area contributed by atoms with E-state index in [1.54, 1.807) is 44.9 Å². The van der Waals surface area contributed by atoms with Gasteiger partial charge in [0.05, 0.1) is 0 Å². The molecule has 0 fully saturated rings. The Morgan fingerprint density at radius 2 is 1.35 bits per heavy atom. The number of aliphatic hydroxyl groups excluding tert-OH is 1. The fraction of sp³-hybridized carbons (Fsp3) is 0.125. The molecule has 0 aliphatic carbocycles. The van der Waals surface area contributed by atoms with Gasteiger partial charge in [0.15, 0.2) is 17.6 Å². The number of rotatable bonds is 11. The van der Waals surface area contributed by atoms with Crippen LogP contribution in [0, 0.1) is 3.82 Å². The highest BCUT2D eigenvalue weighted by Gasteiger charge is 2.20. The summed E-state index contributed by atoms with van der Waals surface area (Å²) in [6.07, 6.45) is -1.28. The van der Waals surface area contributed by atoms with Crippen molar-refractivity contribution in [2.75, 3.05) is 0 Å². The average Bonchev–Trinajstić information content (AvgIpc) is 3.43. The van der Waals surface area contributed by atoms with E-state index in [0.29, 0.717) is 36.0 Å². The Kier molecular flexibility index (Phi) is 9.36. The molecular formula is C32H26O5S3. The van der Waals surface area contributed by atoms with E-state index in [1.165, 1.54) is 0 Å². The molecule has 0 spiro atoms. The summed E-state index contributed by atoms with van der Waals surface area (Å²) in [4.78, 5) is 13.7. The third-order valence-electron chi connectivity index (χ3n) is 6.00. The molecule has 0 bridgehead atoms. The van der Waals surface area contributed by atoms with Crippen LogP contribution in [0.5, 0.6) is 17.2 Å². The van der Waals surface area contributed by atoms with E-state index in [0.717, 1.165) is 25.4 Å². The molecule has 5 rings (SSSR count). The second-order valence-electron chi connectivity index (χ2n) is 8.99. The zero-order valence-electron chi connectivity index (χ0n) is 21.4. The Hall–Kier alpha value is -3.82. The first-order chi connectivity index (χ1) is 19.5. The first-order valence-corrected chi connectivity index (χ1v) is 15.2. The van der Waals surface area contributed by atoms with E-state index in [9.17, 15) is 9.90 Å². The Morgan fingerprint density at radius 3 is 1.95 bits per heavy atom. The van der Waals surface area contributed by atoms with Crippen molar-refractivity contribution in [3.05, 3.63) is 130 Å². The summed E-state index contributed by atoms with van der Waals surface area (Å²) in [6, 6.07) is 34.2. The number of esters is 1. The quantitative estimate of drug-likeness (QED) is 0.0735. The summed E-state index contributed by atoms with van der Waals surface area (Å²) in [7, 11) is 3.15. The fourth-order valence-corrected chi connectivity index (χ4v) is 6.34. The van der Waals surface area contributed by atoms with Gasteiger partial charge >= 0.3 is 5.97 Å². The highest BCUT2D eigenvalue weighted by atomic mass is 32.9. The predicted octanol–water partition coefficient (Wildman–Crippen LogP) is 7.87. The van der Waals surface area contributed by atoms with Gasteiger partial charge in [-0.15, -0.1) is 0 Å². The molecule has 1 N–H and O–H groups in total. The summed E-state index contributed by atoms with van der Waals surface area (Å²) in [5.41, 5.74) is 3.76. The second-order valence-corrected chi connectivity index (χ2v) is 11.9. The van der Waals surface area contributed by atoms with Crippen LogP contribution in [-0.4, -0.2) is 17.2 Å². The van der Waals surface area contributed by atoms with E-state index in [1.807, 2.05) is 84.9 Å². The summed E-state index contributed by atoms with van der Waals surface area (Å²) < 4.78 is 18.4. The lowest BCUT2D eigenvalue weighted by atomic mass is 10.1. The van der Waals surface area contributed by atoms with Crippen molar-refractivity contribution in [1.29, 1.82) is 0 Å². The third-order valence-corrected chi connectivity index (χ3v) is 8.91. The van der Waals surface area contributed by atoms with Crippen LogP contribution in [0.2, 0.25) is 0 Å². The zero-order valence-corrected chi connectivity index (χ0v) is 23.8. The van der Waals surface area contributed by atoms with E-state index >= 15 is 0 Å². The van der Waals surface area contributed by atoms with Crippen molar-refractivity contribution in [3.63, 3.8) is 0 Å². The predicted molar refractivity (Wildman–Crippen MR) is 162 cm³/mol. The van der Waals surface area contributed by atoms with Gasteiger partial charge in [-0.3, -0.25) is 0 Å². The molecule has 8 heteroatoms. The van der Waals surface area contributed by atoms with Crippen molar-refractivity contribution < 1.29 is 24.1 Å². The minimum atomic E-state index is -1.35. The van der Waals surface area contributed by atoms with Gasteiger partial charge in [-0.2, -0.15) is 0 Å². The van der Waals surface area contributed by atoms with Gasteiger partial charge in [0, 0.05) is 11.3 Å². The molecule has 0 aliphatic heterocycles. The largest absolute Gasteiger partial charge is 0.485 e. The van der Waals surface area contributed by atoms with Crippen molar-refractivity contribution in [1.82, 2.24) is 0 Å². The molecule has 4 aromatic carbocycles.